The molecule has 2 aromatic carbocycles. The number of rotatable bonds is 7. The van der Waals surface area contributed by atoms with Gasteiger partial charge in [-0.25, -0.2) is 12.7 Å². The van der Waals surface area contributed by atoms with Crippen LogP contribution in [0, 0.1) is 11.3 Å². The highest BCUT2D eigenvalue weighted by Crippen LogP contribution is 2.28. The van der Waals surface area contributed by atoms with Crippen LogP contribution in [0.15, 0.2) is 47.4 Å². The Kier molecular flexibility index (Phi) is 6.62. The lowest BCUT2D eigenvalue weighted by atomic mass is 10.2. The van der Waals surface area contributed by atoms with Crippen LogP contribution in [-0.2, 0) is 14.8 Å². The van der Waals surface area contributed by atoms with Gasteiger partial charge in [0, 0.05) is 28.2 Å². The third-order valence-corrected chi connectivity index (χ3v) is 5.65. The number of ether oxygens (including phenoxy) is 1. The van der Waals surface area contributed by atoms with E-state index in [1.54, 1.807) is 43.3 Å². The van der Waals surface area contributed by atoms with Gasteiger partial charge in [-0.3, -0.25) is 4.79 Å². The SMILES string of the molecule is CN(C)c1ccc(S(=O)(=O)N(C)C)cc1NC(=O)COc1cccc(C#N)c1. The van der Waals surface area contributed by atoms with Crippen molar-refractivity contribution < 1.29 is 17.9 Å². The zero-order valence-corrected chi connectivity index (χ0v) is 16.9. The van der Waals surface area contributed by atoms with E-state index in [0.29, 0.717) is 22.7 Å². The second-order valence-electron chi connectivity index (χ2n) is 6.34. The average molecular weight is 402 g/mol. The summed E-state index contributed by atoms with van der Waals surface area (Å²) in [7, 11) is 2.82. The van der Waals surface area contributed by atoms with Gasteiger partial charge >= 0.3 is 0 Å². The molecule has 8 nitrogen and oxygen atoms in total. The maximum atomic E-state index is 12.4. The normalized spacial score (nSPS) is 11.0. The molecular weight excluding hydrogens is 380 g/mol. The van der Waals surface area contributed by atoms with Gasteiger partial charge in [-0.05, 0) is 36.4 Å². The zero-order valence-electron chi connectivity index (χ0n) is 16.1. The third-order valence-electron chi connectivity index (χ3n) is 3.84. The Bertz CT molecular complexity index is 1010. The molecule has 0 heterocycles. The third kappa shape index (κ3) is 5.00. The first-order chi connectivity index (χ1) is 13.1. The van der Waals surface area contributed by atoms with E-state index in [0.717, 1.165) is 4.31 Å². The highest BCUT2D eigenvalue weighted by molar-refractivity contribution is 7.89. The van der Waals surface area contributed by atoms with E-state index in [1.165, 1.54) is 32.3 Å². The summed E-state index contributed by atoms with van der Waals surface area (Å²) in [5.41, 5.74) is 1.43. The Balaban J connectivity index is 2.20. The second-order valence-corrected chi connectivity index (χ2v) is 8.49. The minimum Gasteiger partial charge on any atom is -0.484 e. The van der Waals surface area contributed by atoms with Crippen molar-refractivity contribution in [2.75, 3.05) is 45.0 Å². The molecule has 0 bridgehead atoms. The molecule has 0 radical (unpaired) electrons. The van der Waals surface area contributed by atoms with Gasteiger partial charge in [0.1, 0.15) is 5.75 Å². The van der Waals surface area contributed by atoms with Crippen LogP contribution >= 0.6 is 0 Å². The van der Waals surface area contributed by atoms with Crippen LogP contribution in [0.3, 0.4) is 0 Å². The average Bonchev–Trinajstić information content (AvgIpc) is 2.66. The van der Waals surface area contributed by atoms with Gasteiger partial charge in [-0.1, -0.05) is 6.07 Å². The van der Waals surface area contributed by atoms with E-state index >= 15 is 0 Å². The van der Waals surface area contributed by atoms with Crippen molar-refractivity contribution in [2.24, 2.45) is 0 Å². The Morgan fingerprint density at radius 2 is 1.86 bits per heavy atom. The molecule has 0 aliphatic heterocycles. The van der Waals surface area contributed by atoms with Crippen molar-refractivity contribution in [1.29, 1.82) is 5.26 Å². The number of benzene rings is 2. The van der Waals surface area contributed by atoms with Crippen molar-refractivity contribution in [1.82, 2.24) is 4.31 Å². The van der Waals surface area contributed by atoms with Gasteiger partial charge in [-0.2, -0.15) is 5.26 Å². The van der Waals surface area contributed by atoms with Crippen LogP contribution < -0.4 is 15.0 Å². The molecule has 148 valence electrons. The molecule has 2 aromatic rings. The van der Waals surface area contributed by atoms with Gasteiger partial charge in [0.25, 0.3) is 5.91 Å². The van der Waals surface area contributed by atoms with Crippen molar-refractivity contribution in [3.8, 4) is 11.8 Å². The fourth-order valence-electron chi connectivity index (χ4n) is 2.37. The minimum absolute atomic E-state index is 0.0704. The Morgan fingerprint density at radius 1 is 1.14 bits per heavy atom. The first-order valence-electron chi connectivity index (χ1n) is 8.32. The van der Waals surface area contributed by atoms with E-state index in [4.69, 9.17) is 10.00 Å². The van der Waals surface area contributed by atoms with Crippen LogP contribution in [0.2, 0.25) is 0 Å². The van der Waals surface area contributed by atoms with Crippen LogP contribution in [0.1, 0.15) is 5.56 Å². The van der Waals surface area contributed by atoms with Gasteiger partial charge in [0.15, 0.2) is 6.61 Å². The quantitative estimate of drug-likeness (QED) is 0.759. The number of sulfonamides is 1. The first-order valence-corrected chi connectivity index (χ1v) is 9.76. The van der Waals surface area contributed by atoms with E-state index in [1.807, 2.05) is 6.07 Å². The number of nitrogens with zero attached hydrogens (tertiary/aromatic N) is 3. The molecule has 9 heteroatoms. The van der Waals surface area contributed by atoms with Gasteiger partial charge in [-0.15, -0.1) is 0 Å². The number of nitriles is 1. The maximum absolute atomic E-state index is 12.4. The molecule has 2 rings (SSSR count). The fourth-order valence-corrected chi connectivity index (χ4v) is 3.30. The van der Waals surface area contributed by atoms with Gasteiger partial charge in [0.2, 0.25) is 10.0 Å². The molecule has 0 aliphatic rings. The molecular formula is C19H22N4O4S. The highest BCUT2D eigenvalue weighted by atomic mass is 32.2. The molecule has 0 aromatic heterocycles. The molecule has 28 heavy (non-hydrogen) atoms. The van der Waals surface area contributed by atoms with Gasteiger partial charge < -0.3 is 15.0 Å². The van der Waals surface area contributed by atoms with Crippen molar-refractivity contribution in [3.05, 3.63) is 48.0 Å². The van der Waals surface area contributed by atoms with Crippen LogP contribution in [0.5, 0.6) is 5.75 Å². The standard InChI is InChI=1S/C19H22N4O4S/c1-22(2)18-9-8-16(28(25,26)23(3)4)11-17(18)21-19(24)13-27-15-7-5-6-14(10-15)12-20/h5-11H,13H2,1-4H3,(H,21,24). The summed E-state index contributed by atoms with van der Waals surface area (Å²) in [6.45, 7) is -0.285. The van der Waals surface area contributed by atoms with Gasteiger partial charge in [0.05, 0.1) is 27.9 Å². The summed E-state index contributed by atoms with van der Waals surface area (Å²) in [6, 6.07) is 13.0. The van der Waals surface area contributed by atoms with E-state index in [-0.39, 0.29) is 11.5 Å². The van der Waals surface area contributed by atoms with E-state index in [2.05, 4.69) is 5.32 Å². The Labute approximate surface area is 165 Å². The molecule has 1 amide bonds. The lowest BCUT2D eigenvalue weighted by Gasteiger charge is -2.20. The summed E-state index contributed by atoms with van der Waals surface area (Å²) in [4.78, 5) is 14.2. The number of anilines is 2. The minimum atomic E-state index is -3.64. The zero-order chi connectivity index (χ0) is 20.9. The second kappa shape index (κ2) is 8.73. The van der Waals surface area contributed by atoms with Crippen LogP contribution in [0.25, 0.3) is 0 Å². The van der Waals surface area contributed by atoms with Crippen LogP contribution in [-0.4, -0.2) is 53.4 Å². The largest absolute Gasteiger partial charge is 0.484 e. The first kappa shape index (κ1) is 21.2. The molecule has 0 unspecified atom stereocenters. The highest BCUT2D eigenvalue weighted by Gasteiger charge is 2.20. The molecule has 0 atom stereocenters. The van der Waals surface area contributed by atoms with Crippen molar-refractivity contribution in [3.63, 3.8) is 0 Å². The number of carbonyl (C=O) groups excluding carboxylic acids is 1. The summed E-state index contributed by atoms with van der Waals surface area (Å²) in [5, 5.41) is 11.6. The Morgan fingerprint density at radius 3 is 2.46 bits per heavy atom. The lowest BCUT2D eigenvalue weighted by Crippen LogP contribution is -2.24. The van der Waals surface area contributed by atoms with Crippen molar-refractivity contribution in [2.45, 2.75) is 4.90 Å². The van der Waals surface area contributed by atoms with E-state index < -0.39 is 15.9 Å². The molecule has 0 aliphatic carbocycles. The number of carbonyl (C=O) groups is 1. The Hall–Kier alpha value is -3.09. The number of hydrogen-bond acceptors (Lipinski definition) is 6. The molecule has 0 saturated heterocycles. The fraction of sp³-hybridized carbons (Fsp3) is 0.263. The number of nitrogens with one attached hydrogen (secondary N) is 1. The molecule has 0 spiro atoms. The monoisotopic (exact) mass is 402 g/mol. The molecule has 0 fully saturated rings. The summed E-state index contributed by atoms with van der Waals surface area (Å²) < 4.78 is 31.3. The number of hydrogen-bond donors (Lipinski definition) is 1. The predicted octanol–water partition coefficient (Wildman–Crippen LogP) is 1.89. The smallest absolute Gasteiger partial charge is 0.262 e. The van der Waals surface area contributed by atoms with Crippen molar-refractivity contribution >= 4 is 27.3 Å². The maximum Gasteiger partial charge on any atom is 0.262 e. The predicted molar refractivity (Wildman–Crippen MR) is 107 cm³/mol. The van der Waals surface area contributed by atoms with Crippen LogP contribution in [0.4, 0.5) is 11.4 Å². The summed E-state index contributed by atoms with van der Waals surface area (Å²) >= 11 is 0. The molecule has 1 N–H and O–H groups in total. The number of amides is 1. The molecule has 0 saturated carbocycles. The summed E-state index contributed by atoms with van der Waals surface area (Å²) in [6.07, 6.45) is 0. The topological polar surface area (TPSA) is 103 Å². The lowest BCUT2D eigenvalue weighted by molar-refractivity contribution is -0.118. The van der Waals surface area contributed by atoms with E-state index in [9.17, 15) is 13.2 Å². The summed E-state index contributed by atoms with van der Waals surface area (Å²) in [5.74, 6) is -0.0594.